The molecule has 1 aliphatic heterocycles. The molecule has 54 valence electrons. The van der Waals surface area contributed by atoms with Gasteiger partial charge in [-0.3, -0.25) is 0 Å². The first-order valence-electron chi connectivity index (χ1n) is 3.35. The van der Waals surface area contributed by atoms with Crippen LogP contribution < -0.4 is 5.32 Å². The molecule has 2 heterocycles. The molecule has 0 spiro atoms. The Balaban J connectivity index is 2.28. The molecular weight excluding hydrogens is 146 g/mol. The number of fused-ring (bicyclic) bond motifs is 1. The monoisotopic (exact) mass is 155 g/mol. The molecule has 0 aliphatic carbocycles. The summed E-state index contributed by atoms with van der Waals surface area (Å²) in [6.07, 6.45) is 0. The molecule has 2 nitrogen and oxygen atoms in total. The Labute approximate surface area is 63.8 Å². The summed E-state index contributed by atoms with van der Waals surface area (Å²) in [4.78, 5) is 0. The van der Waals surface area contributed by atoms with Crippen molar-refractivity contribution in [3.8, 4) is 0 Å². The van der Waals surface area contributed by atoms with Crippen LogP contribution in [-0.4, -0.2) is 13.2 Å². The Morgan fingerprint density at radius 2 is 2.60 bits per heavy atom. The van der Waals surface area contributed by atoms with Crippen molar-refractivity contribution in [2.75, 3.05) is 18.5 Å². The fourth-order valence-electron chi connectivity index (χ4n) is 1.02. The molecular formula is C7H9NOS. The topological polar surface area (TPSA) is 21.3 Å². The summed E-state index contributed by atoms with van der Waals surface area (Å²) in [6, 6.07) is 2.11. The third kappa shape index (κ3) is 1.02. The van der Waals surface area contributed by atoms with Gasteiger partial charge in [0, 0.05) is 12.1 Å². The van der Waals surface area contributed by atoms with E-state index in [0.29, 0.717) is 0 Å². The highest BCUT2D eigenvalue weighted by atomic mass is 32.1. The van der Waals surface area contributed by atoms with Crippen LogP contribution in [0.25, 0.3) is 0 Å². The number of anilines is 1. The van der Waals surface area contributed by atoms with Crippen LogP contribution in [0, 0.1) is 0 Å². The minimum atomic E-state index is 0.770. The van der Waals surface area contributed by atoms with Gasteiger partial charge in [0.25, 0.3) is 0 Å². The molecule has 1 N–H and O–H groups in total. The van der Waals surface area contributed by atoms with Crippen molar-refractivity contribution >= 4 is 16.3 Å². The SMILES string of the molecule is c1cc2c(s1)NCCOC2. The number of thiophene rings is 1. The van der Waals surface area contributed by atoms with Gasteiger partial charge in [-0.15, -0.1) is 11.3 Å². The van der Waals surface area contributed by atoms with Crippen LogP contribution in [0.5, 0.6) is 0 Å². The van der Waals surface area contributed by atoms with Crippen LogP contribution >= 0.6 is 11.3 Å². The number of hydrogen-bond acceptors (Lipinski definition) is 3. The van der Waals surface area contributed by atoms with E-state index in [1.54, 1.807) is 11.3 Å². The summed E-state index contributed by atoms with van der Waals surface area (Å²) >= 11 is 1.75. The van der Waals surface area contributed by atoms with E-state index in [1.165, 1.54) is 10.6 Å². The van der Waals surface area contributed by atoms with Gasteiger partial charge in [-0.25, -0.2) is 0 Å². The van der Waals surface area contributed by atoms with Crippen molar-refractivity contribution < 1.29 is 4.74 Å². The van der Waals surface area contributed by atoms with E-state index in [0.717, 1.165) is 19.8 Å². The lowest BCUT2D eigenvalue weighted by Gasteiger charge is -1.96. The average molecular weight is 155 g/mol. The minimum Gasteiger partial charge on any atom is -0.375 e. The summed E-state index contributed by atoms with van der Waals surface area (Å²) in [5.74, 6) is 0. The zero-order valence-corrected chi connectivity index (χ0v) is 6.41. The van der Waals surface area contributed by atoms with Crippen LogP contribution in [-0.2, 0) is 11.3 Å². The minimum absolute atomic E-state index is 0.770. The van der Waals surface area contributed by atoms with Gasteiger partial charge < -0.3 is 10.1 Å². The molecule has 1 aliphatic rings. The van der Waals surface area contributed by atoms with E-state index in [-0.39, 0.29) is 0 Å². The maximum absolute atomic E-state index is 5.32. The summed E-state index contributed by atoms with van der Waals surface area (Å²) in [5, 5.41) is 6.66. The number of nitrogens with one attached hydrogen (secondary N) is 1. The van der Waals surface area contributed by atoms with Gasteiger partial charge in [-0.1, -0.05) is 0 Å². The summed E-state index contributed by atoms with van der Waals surface area (Å²) in [7, 11) is 0. The zero-order valence-electron chi connectivity index (χ0n) is 5.59. The van der Waals surface area contributed by atoms with Gasteiger partial charge in [0.15, 0.2) is 0 Å². The van der Waals surface area contributed by atoms with Crippen LogP contribution in [0.15, 0.2) is 11.4 Å². The Kier molecular flexibility index (Phi) is 1.61. The Morgan fingerprint density at radius 1 is 1.60 bits per heavy atom. The molecule has 0 unspecified atom stereocenters. The van der Waals surface area contributed by atoms with Gasteiger partial charge in [0.2, 0.25) is 0 Å². The van der Waals surface area contributed by atoms with E-state index in [1.807, 2.05) is 0 Å². The first-order valence-corrected chi connectivity index (χ1v) is 4.23. The highest BCUT2D eigenvalue weighted by Crippen LogP contribution is 2.24. The molecule has 10 heavy (non-hydrogen) atoms. The number of rotatable bonds is 0. The Morgan fingerprint density at radius 3 is 3.60 bits per heavy atom. The van der Waals surface area contributed by atoms with Crippen LogP contribution in [0.3, 0.4) is 0 Å². The molecule has 0 radical (unpaired) electrons. The standard InChI is InChI=1S/C7H9NOS/c1-4-10-7-6(1)5-9-3-2-8-7/h1,4,8H,2-3,5H2. The Bertz CT molecular complexity index is 201. The first kappa shape index (κ1) is 6.19. The second-order valence-electron chi connectivity index (χ2n) is 2.25. The molecule has 3 heteroatoms. The van der Waals surface area contributed by atoms with Crippen LogP contribution in [0.2, 0.25) is 0 Å². The summed E-state index contributed by atoms with van der Waals surface area (Å²) in [5.41, 5.74) is 1.29. The van der Waals surface area contributed by atoms with Gasteiger partial charge in [0.1, 0.15) is 0 Å². The molecule has 0 aromatic carbocycles. The second kappa shape index (κ2) is 2.60. The van der Waals surface area contributed by atoms with E-state index >= 15 is 0 Å². The molecule has 0 fully saturated rings. The van der Waals surface area contributed by atoms with Crippen molar-refractivity contribution in [1.29, 1.82) is 0 Å². The first-order chi connectivity index (χ1) is 4.97. The van der Waals surface area contributed by atoms with Gasteiger partial charge in [-0.2, -0.15) is 0 Å². The van der Waals surface area contributed by atoms with Crippen molar-refractivity contribution in [1.82, 2.24) is 0 Å². The Hall–Kier alpha value is -0.540. The zero-order chi connectivity index (χ0) is 6.81. The molecule has 0 saturated heterocycles. The fraction of sp³-hybridized carbons (Fsp3) is 0.429. The molecule has 0 amide bonds. The normalized spacial score (nSPS) is 17.2. The van der Waals surface area contributed by atoms with Crippen LogP contribution in [0.1, 0.15) is 5.56 Å². The van der Waals surface area contributed by atoms with Crippen molar-refractivity contribution in [3.05, 3.63) is 17.0 Å². The van der Waals surface area contributed by atoms with Crippen molar-refractivity contribution in [3.63, 3.8) is 0 Å². The van der Waals surface area contributed by atoms with Crippen LogP contribution in [0.4, 0.5) is 5.00 Å². The third-order valence-electron chi connectivity index (χ3n) is 1.54. The third-order valence-corrected chi connectivity index (χ3v) is 2.45. The smallest absolute Gasteiger partial charge is 0.0939 e. The van der Waals surface area contributed by atoms with Gasteiger partial charge in [0.05, 0.1) is 18.2 Å². The second-order valence-corrected chi connectivity index (χ2v) is 3.17. The average Bonchev–Trinajstić information content (AvgIpc) is 2.28. The predicted molar refractivity (Wildman–Crippen MR) is 42.5 cm³/mol. The lowest BCUT2D eigenvalue weighted by molar-refractivity contribution is 0.135. The number of hydrogen-bond donors (Lipinski definition) is 1. The molecule has 1 aromatic rings. The largest absolute Gasteiger partial charge is 0.375 e. The lowest BCUT2D eigenvalue weighted by atomic mass is 10.3. The van der Waals surface area contributed by atoms with E-state index in [9.17, 15) is 0 Å². The molecule has 0 bridgehead atoms. The highest BCUT2D eigenvalue weighted by Gasteiger charge is 2.06. The number of ether oxygens (including phenoxy) is 1. The van der Waals surface area contributed by atoms with Crippen molar-refractivity contribution in [2.24, 2.45) is 0 Å². The quantitative estimate of drug-likeness (QED) is 0.615. The maximum atomic E-state index is 5.32. The molecule has 1 aromatic heterocycles. The fourth-order valence-corrected chi connectivity index (χ4v) is 1.86. The predicted octanol–water partition coefficient (Wildman–Crippen LogP) is 1.69. The van der Waals surface area contributed by atoms with Crippen molar-refractivity contribution in [2.45, 2.75) is 6.61 Å². The molecule has 0 atom stereocenters. The lowest BCUT2D eigenvalue weighted by Crippen LogP contribution is -2.03. The molecule has 0 saturated carbocycles. The van der Waals surface area contributed by atoms with Gasteiger partial charge >= 0.3 is 0 Å². The summed E-state index contributed by atoms with van der Waals surface area (Å²) < 4.78 is 5.32. The van der Waals surface area contributed by atoms with E-state index < -0.39 is 0 Å². The summed E-state index contributed by atoms with van der Waals surface area (Å²) in [6.45, 7) is 2.53. The van der Waals surface area contributed by atoms with Gasteiger partial charge in [-0.05, 0) is 11.4 Å². The highest BCUT2D eigenvalue weighted by molar-refractivity contribution is 7.14. The van der Waals surface area contributed by atoms with E-state index in [4.69, 9.17) is 4.74 Å². The maximum Gasteiger partial charge on any atom is 0.0939 e. The van der Waals surface area contributed by atoms with E-state index in [2.05, 4.69) is 16.8 Å². The molecule has 2 rings (SSSR count).